The second-order valence-electron chi connectivity index (χ2n) is 5.11. The first-order chi connectivity index (χ1) is 9.93. The van der Waals surface area contributed by atoms with Crippen molar-refractivity contribution < 1.29 is 24.5 Å². The molecule has 3 N–H and O–H groups in total. The molecule has 0 aliphatic heterocycles. The molecule has 1 atom stereocenters. The standard InChI is InChI=1S/C15H21NO5/c1-10(2)9-21-12-5-3-4-11(8-12)14(18)16-13(6-7-17)15(19)20/h3-5,8,10,13,17H,6-7,9H2,1-2H3,(H,16,18)(H,19,20)/t13-/m1/s1. The van der Waals surface area contributed by atoms with E-state index in [2.05, 4.69) is 5.32 Å². The van der Waals surface area contributed by atoms with Crippen molar-refractivity contribution in [2.45, 2.75) is 26.3 Å². The van der Waals surface area contributed by atoms with E-state index >= 15 is 0 Å². The molecule has 0 aliphatic rings. The summed E-state index contributed by atoms with van der Waals surface area (Å²) in [5.74, 6) is -0.760. The van der Waals surface area contributed by atoms with Gasteiger partial charge in [-0.15, -0.1) is 0 Å². The molecule has 21 heavy (non-hydrogen) atoms. The lowest BCUT2D eigenvalue weighted by atomic mass is 10.1. The summed E-state index contributed by atoms with van der Waals surface area (Å²) in [7, 11) is 0. The summed E-state index contributed by atoms with van der Waals surface area (Å²) < 4.78 is 5.52. The summed E-state index contributed by atoms with van der Waals surface area (Å²) in [6.07, 6.45) is -0.0371. The number of carboxylic acid groups (broad SMARTS) is 1. The second-order valence-corrected chi connectivity index (χ2v) is 5.11. The molecule has 1 aromatic carbocycles. The molecular formula is C15H21NO5. The molecule has 0 bridgehead atoms. The summed E-state index contributed by atoms with van der Waals surface area (Å²) in [4.78, 5) is 23.0. The molecule has 0 aliphatic carbocycles. The number of benzene rings is 1. The van der Waals surface area contributed by atoms with Gasteiger partial charge in [-0.25, -0.2) is 4.79 Å². The van der Waals surface area contributed by atoms with Crippen LogP contribution in [0.15, 0.2) is 24.3 Å². The van der Waals surface area contributed by atoms with E-state index in [-0.39, 0.29) is 13.0 Å². The molecule has 6 nitrogen and oxygen atoms in total. The van der Waals surface area contributed by atoms with Crippen molar-refractivity contribution in [1.29, 1.82) is 0 Å². The lowest BCUT2D eigenvalue weighted by molar-refractivity contribution is -0.139. The summed E-state index contributed by atoms with van der Waals surface area (Å²) in [6, 6.07) is 5.45. The van der Waals surface area contributed by atoms with Gasteiger partial charge in [-0.1, -0.05) is 19.9 Å². The van der Waals surface area contributed by atoms with Crippen molar-refractivity contribution >= 4 is 11.9 Å². The SMILES string of the molecule is CC(C)COc1cccc(C(=O)N[C@H](CCO)C(=O)O)c1. The summed E-state index contributed by atoms with van der Waals surface area (Å²) in [6.45, 7) is 4.26. The van der Waals surface area contributed by atoms with Gasteiger partial charge >= 0.3 is 5.97 Å². The van der Waals surface area contributed by atoms with Gasteiger partial charge in [-0.2, -0.15) is 0 Å². The van der Waals surface area contributed by atoms with Gasteiger partial charge < -0.3 is 20.3 Å². The Morgan fingerprint density at radius 3 is 2.62 bits per heavy atom. The predicted molar refractivity (Wildman–Crippen MR) is 77.4 cm³/mol. The van der Waals surface area contributed by atoms with Crippen LogP contribution in [-0.4, -0.2) is 41.3 Å². The topological polar surface area (TPSA) is 95.9 Å². The lowest BCUT2D eigenvalue weighted by Gasteiger charge is -2.14. The minimum Gasteiger partial charge on any atom is -0.493 e. The van der Waals surface area contributed by atoms with E-state index < -0.39 is 17.9 Å². The van der Waals surface area contributed by atoms with E-state index in [1.807, 2.05) is 13.8 Å². The molecular weight excluding hydrogens is 274 g/mol. The molecule has 0 saturated heterocycles. The largest absolute Gasteiger partial charge is 0.493 e. The van der Waals surface area contributed by atoms with Crippen molar-refractivity contribution in [2.75, 3.05) is 13.2 Å². The van der Waals surface area contributed by atoms with Crippen LogP contribution in [0, 0.1) is 5.92 Å². The number of carbonyl (C=O) groups excluding carboxylic acids is 1. The Labute approximate surface area is 123 Å². The first kappa shape index (κ1) is 17.0. The highest BCUT2D eigenvalue weighted by Crippen LogP contribution is 2.14. The number of carbonyl (C=O) groups is 2. The molecule has 0 heterocycles. The number of hydrogen-bond acceptors (Lipinski definition) is 4. The van der Waals surface area contributed by atoms with Crippen LogP contribution < -0.4 is 10.1 Å². The number of rotatable bonds is 8. The molecule has 116 valence electrons. The predicted octanol–water partition coefficient (Wildman–Crippen LogP) is 1.29. The first-order valence-electron chi connectivity index (χ1n) is 6.81. The zero-order valence-electron chi connectivity index (χ0n) is 12.2. The number of aliphatic carboxylic acids is 1. The number of hydrogen-bond donors (Lipinski definition) is 3. The average molecular weight is 295 g/mol. The molecule has 0 radical (unpaired) electrons. The molecule has 1 amide bonds. The van der Waals surface area contributed by atoms with Crippen LogP contribution in [0.3, 0.4) is 0 Å². The number of aliphatic hydroxyl groups excluding tert-OH is 1. The minimum atomic E-state index is -1.18. The summed E-state index contributed by atoms with van der Waals surface area (Å²) in [5, 5.41) is 20.1. The summed E-state index contributed by atoms with van der Waals surface area (Å²) >= 11 is 0. The van der Waals surface area contributed by atoms with Gasteiger partial charge in [-0.3, -0.25) is 4.79 Å². The Hall–Kier alpha value is -2.08. The van der Waals surface area contributed by atoms with E-state index in [0.29, 0.717) is 23.8 Å². The maximum atomic E-state index is 12.0. The van der Waals surface area contributed by atoms with Crippen LogP contribution in [0.25, 0.3) is 0 Å². The fourth-order valence-corrected chi connectivity index (χ4v) is 1.62. The van der Waals surface area contributed by atoms with Crippen molar-refractivity contribution in [2.24, 2.45) is 5.92 Å². The Bertz CT molecular complexity index is 487. The van der Waals surface area contributed by atoms with Gasteiger partial charge in [0.1, 0.15) is 11.8 Å². The molecule has 6 heteroatoms. The van der Waals surface area contributed by atoms with Gasteiger partial charge in [-0.05, 0) is 24.1 Å². The highest BCUT2D eigenvalue weighted by molar-refractivity contribution is 5.96. The van der Waals surface area contributed by atoms with Crippen molar-refractivity contribution in [3.63, 3.8) is 0 Å². The van der Waals surface area contributed by atoms with Crippen LogP contribution in [0.2, 0.25) is 0 Å². The van der Waals surface area contributed by atoms with Crippen LogP contribution in [0.4, 0.5) is 0 Å². The van der Waals surface area contributed by atoms with Crippen LogP contribution in [-0.2, 0) is 4.79 Å². The number of aliphatic hydroxyl groups is 1. The average Bonchev–Trinajstić information content (AvgIpc) is 2.44. The van der Waals surface area contributed by atoms with Gasteiger partial charge in [0, 0.05) is 18.6 Å². The molecule has 0 saturated carbocycles. The van der Waals surface area contributed by atoms with E-state index in [1.165, 1.54) is 0 Å². The van der Waals surface area contributed by atoms with Gasteiger partial charge in [0.25, 0.3) is 5.91 Å². The highest BCUT2D eigenvalue weighted by Gasteiger charge is 2.20. The number of nitrogens with one attached hydrogen (secondary N) is 1. The third-order valence-corrected chi connectivity index (χ3v) is 2.70. The van der Waals surface area contributed by atoms with Gasteiger partial charge in [0.2, 0.25) is 0 Å². The number of amides is 1. The molecule has 1 rings (SSSR count). The maximum absolute atomic E-state index is 12.0. The van der Waals surface area contributed by atoms with Crippen molar-refractivity contribution in [3.8, 4) is 5.75 Å². The third kappa shape index (κ3) is 5.83. The number of carboxylic acids is 1. The fraction of sp³-hybridized carbons (Fsp3) is 0.467. The number of ether oxygens (including phenoxy) is 1. The highest BCUT2D eigenvalue weighted by atomic mass is 16.5. The van der Waals surface area contributed by atoms with Gasteiger partial charge in [0.05, 0.1) is 6.61 Å². The van der Waals surface area contributed by atoms with Crippen LogP contribution >= 0.6 is 0 Å². The fourth-order valence-electron chi connectivity index (χ4n) is 1.62. The van der Waals surface area contributed by atoms with Crippen LogP contribution in [0.5, 0.6) is 5.75 Å². The monoisotopic (exact) mass is 295 g/mol. The zero-order chi connectivity index (χ0) is 15.8. The van der Waals surface area contributed by atoms with Crippen molar-refractivity contribution in [1.82, 2.24) is 5.32 Å². The van der Waals surface area contributed by atoms with Gasteiger partial charge in [0.15, 0.2) is 0 Å². The molecule has 1 aromatic rings. The zero-order valence-corrected chi connectivity index (χ0v) is 12.2. The van der Waals surface area contributed by atoms with Crippen LogP contribution in [0.1, 0.15) is 30.6 Å². The lowest BCUT2D eigenvalue weighted by Crippen LogP contribution is -2.41. The normalized spacial score (nSPS) is 12.0. The Morgan fingerprint density at radius 2 is 2.05 bits per heavy atom. The molecule has 0 unspecified atom stereocenters. The smallest absolute Gasteiger partial charge is 0.326 e. The molecule has 0 fully saturated rings. The van der Waals surface area contributed by atoms with E-state index in [1.54, 1.807) is 24.3 Å². The third-order valence-electron chi connectivity index (χ3n) is 2.70. The van der Waals surface area contributed by atoms with Crippen molar-refractivity contribution in [3.05, 3.63) is 29.8 Å². The summed E-state index contributed by atoms with van der Waals surface area (Å²) in [5.41, 5.74) is 0.320. The Balaban J connectivity index is 2.73. The van der Waals surface area contributed by atoms with E-state index in [4.69, 9.17) is 14.9 Å². The Kier molecular flexibility index (Phi) is 6.68. The second kappa shape index (κ2) is 8.26. The van der Waals surface area contributed by atoms with E-state index in [9.17, 15) is 9.59 Å². The minimum absolute atomic E-state index is 0.0371. The maximum Gasteiger partial charge on any atom is 0.326 e. The van der Waals surface area contributed by atoms with E-state index in [0.717, 1.165) is 0 Å². The molecule has 0 spiro atoms. The first-order valence-corrected chi connectivity index (χ1v) is 6.81. The quantitative estimate of drug-likeness (QED) is 0.671. The Morgan fingerprint density at radius 1 is 1.33 bits per heavy atom. The molecule has 0 aromatic heterocycles.